The van der Waals surface area contributed by atoms with E-state index in [1.165, 1.54) is 5.56 Å². The third-order valence-electron chi connectivity index (χ3n) is 4.87. The quantitative estimate of drug-likeness (QED) is 0.258. The molecule has 0 radical (unpaired) electrons. The van der Waals surface area contributed by atoms with Gasteiger partial charge in [0, 0.05) is 38.1 Å². The number of hydrogen-bond donors (Lipinski definition) is 2. The first-order chi connectivity index (χ1) is 15.8. The molecule has 2 N–H and O–H groups in total. The van der Waals surface area contributed by atoms with Gasteiger partial charge in [0.15, 0.2) is 5.96 Å². The standard InChI is InChI=1S/C25H33N5O2/c1-3-32-15-7-14-26-25(27-16-21-10-12-24(31-2)13-11-21)28-17-23-18-29-30(20-23)19-22-8-5-4-6-9-22/h4-6,8-13,18,20H,3,7,14-17,19H2,1-2H3,(H2,26,27,28). The van der Waals surface area contributed by atoms with Crippen LogP contribution in [0.2, 0.25) is 0 Å². The highest BCUT2D eigenvalue weighted by Gasteiger charge is 2.03. The van der Waals surface area contributed by atoms with Gasteiger partial charge in [-0.15, -0.1) is 0 Å². The van der Waals surface area contributed by atoms with Gasteiger partial charge < -0.3 is 20.1 Å². The Morgan fingerprint density at radius 3 is 2.56 bits per heavy atom. The van der Waals surface area contributed by atoms with Gasteiger partial charge >= 0.3 is 0 Å². The summed E-state index contributed by atoms with van der Waals surface area (Å²) in [6.07, 6.45) is 4.85. The molecule has 3 aromatic rings. The number of aromatic nitrogens is 2. The lowest BCUT2D eigenvalue weighted by Gasteiger charge is -2.13. The highest BCUT2D eigenvalue weighted by molar-refractivity contribution is 5.79. The zero-order valence-corrected chi connectivity index (χ0v) is 19.0. The molecular formula is C25H33N5O2. The van der Waals surface area contributed by atoms with Gasteiger partial charge in [-0.2, -0.15) is 5.10 Å². The van der Waals surface area contributed by atoms with Gasteiger partial charge in [-0.05, 0) is 36.6 Å². The minimum atomic E-state index is 0.554. The Bertz CT molecular complexity index is 938. The van der Waals surface area contributed by atoms with E-state index in [1.54, 1.807) is 7.11 Å². The van der Waals surface area contributed by atoms with Crippen LogP contribution in [-0.4, -0.2) is 42.6 Å². The molecule has 0 aliphatic carbocycles. The summed E-state index contributed by atoms with van der Waals surface area (Å²) in [5.41, 5.74) is 3.45. The van der Waals surface area contributed by atoms with E-state index in [0.717, 1.165) is 55.6 Å². The van der Waals surface area contributed by atoms with Crippen LogP contribution in [0.5, 0.6) is 5.75 Å². The van der Waals surface area contributed by atoms with Crippen molar-refractivity contribution in [2.45, 2.75) is 33.0 Å². The summed E-state index contributed by atoms with van der Waals surface area (Å²) in [4.78, 5) is 4.76. The molecule has 1 heterocycles. The number of aliphatic imine (C=N–C) groups is 1. The van der Waals surface area contributed by atoms with Gasteiger partial charge in [0.1, 0.15) is 5.75 Å². The summed E-state index contributed by atoms with van der Waals surface area (Å²) < 4.78 is 12.6. The van der Waals surface area contributed by atoms with Crippen LogP contribution in [-0.2, 0) is 24.4 Å². The maximum absolute atomic E-state index is 5.42. The SMILES string of the molecule is CCOCCCNC(=NCc1cnn(Cc2ccccc2)c1)NCc1ccc(OC)cc1. The van der Waals surface area contributed by atoms with Crippen molar-refractivity contribution in [2.24, 2.45) is 4.99 Å². The Hall–Kier alpha value is -3.32. The van der Waals surface area contributed by atoms with Gasteiger partial charge in [0.25, 0.3) is 0 Å². The van der Waals surface area contributed by atoms with Gasteiger partial charge in [-0.25, -0.2) is 4.99 Å². The lowest BCUT2D eigenvalue weighted by atomic mass is 10.2. The van der Waals surface area contributed by atoms with Crippen LogP contribution in [0.15, 0.2) is 72.0 Å². The van der Waals surface area contributed by atoms with Gasteiger partial charge in [-0.1, -0.05) is 42.5 Å². The van der Waals surface area contributed by atoms with E-state index in [0.29, 0.717) is 13.1 Å². The average Bonchev–Trinajstić information content (AvgIpc) is 3.28. The molecule has 0 amide bonds. The summed E-state index contributed by atoms with van der Waals surface area (Å²) >= 11 is 0. The highest BCUT2D eigenvalue weighted by atomic mass is 16.5. The summed E-state index contributed by atoms with van der Waals surface area (Å²) in [6, 6.07) is 18.3. The second-order valence-corrected chi connectivity index (χ2v) is 7.38. The van der Waals surface area contributed by atoms with Crippen LogP contribution in [0.3, 0.4) is 0 Å². The fraction of sp³-hybridized carbons (Fsp3) is 0.360. The summed E-state index contributed by atoms with van der Waals surface area (Å²) in [5, 5.41) is 11.3. The first kappa shape index (κ1) is 23.3. The maximum atomic E-state index is 5.42. The number of rotatable bonds is 12. The Labute approximate surface area is 190 Å². The van der Waals surface area contributed by atoms with E-state index in [2.05, 4.69) is 27.9 Å². The molecule has 0 saturated carbocycles. The van der Waals surface area contributed by atoms with E-state index in [1.807, 2.05) is 66.5 Å². The molecule has 2 aromatic carbocycles. The molecule has 0 unspecified atom stereocenters. The minimum Gasteiger partial charge on any atom is -0.497 e. The molecule has 0 bridgehead atoms. The van der Waals surface area contributed by atoms with E-state index < -0.39 is 0 Å². The molecule has 0 spiro atoms. The first-order valence-electron chi connectivity index (χ1n) is 11.0. The fourth-order valence-corrected chi connectivity index (χ4v) is 3.14. The van der Waals surface area contributed by atoms with Gasteiger partial charge in [0.05, 0.1) is 26.4 Å². The van der Waals surface area contributed by atoms with Crippen LogP contribution in [0, 0.1) is 0 Å². The number of nitrogens with one attached hydrogen (secondary N) is 2. The van der Waals surface area contributed by atoms with Crippen molar-refractivity contribution in [3.63, 3.8) is 0 Å². The molecule has 32 heavy (non-hydrogen) atoms. The lowest BCUT2D eigenvalue weighted by molar-refractivity contribution is 0.145. The Balaban J connectivity index is 1.57. The van der Waals surface area contributed by atoms with E-state index >= 15 is 0 Å². The monoisotopic (exact) mass is 435 g/mol. The number of methoxy groups -OCH3 is 1. The topological polar surface area (TPSA) is 72.7 Å². The van der Waals surface area contributed by atoms with E-state index in [9.17, 15) is 0 Å². The Morgan fingerprint density at radius 2 is 1.81 bits per heavy atom. The Kier molecular flexibility index (Phi) is 9.61. The third-order valence-corrected chi connectivity index (χ3v) is 4.87. The normalized spacial score (nSPS) is 11.4. The molecular weight excluding hydrogens is 402 g/mol. The fourth-order valence-electron chi connectivity index (χ4n) is 3.14. The van der Waals surface area contributed by atoms with E-state index in [4.69, 9.17) is 14.5 Å². The number of guanidine groups is 1. The van der Waals surface area contributed by atoms with Crippen LogP contribution >= 0.6 is 0 Å². The molecule has 0 atom stereocenters. The number of nitrogens with zero attached hydrogens (tertiary/aromatic N) is 3. The zero-order valence-electron chi connectivity index (χ0n) is 19.0. The van der Waals surface area contributed by atoms with Crippen LogP contribution in [0.25, 0.3) is 0 Å². The van der Waals surface area contributed by atoms with Crippen molar-refractivity contribution in [3.8, 4) is 5.75 Å². The lowest BCUT2D eigenvalue weighted by Crippen LogP contribution is -2.37. The summed E-state index contributed by atoms with van der Waals surface area (Å²) in [7, 11) is 1.67. The zero-order chi connectivity index (χ0) is 22.4. The molecule has 7 nitrogen and oxygen atoms in total. The van der Waals surface area contributed by atoms with Crippen molar-refractivity contribution < 1.29 is 9.47 Å². The molecule has 0 saturated heterocycles. The van der Waals surface area contributed by atoms with Crippen molar-refractivity contribution in [2.75, 3.05) is 26.9 Å². The number of ether oxygens (including phenoxy) is 2. The second-order valence-electron chi connectivity index (χ2n) is 7.38. The van der Waals surface area contributed by atoms with Crippen LogP contribution < -0.4 is 15.4 Å². The van der Waals surface area contributed by atoms with Crippen LogP contribution in [0.1, 0.15) is 30.0 Å². The van der Waals surface area contributed by atoms with Crippen molar-refractivity contribution >= 4 is 5.96 Å². The summed E-state index contributed by atoms with van der Waals surface area (Å²) in [6.45, 7) is 6.26. The summed E-state index contributed by atoms with van der Waals surface area (Å²) in [5.74, 6) is 1.62. The average molecular weight is 436 g/mol. The highest BCUT2D eigenvalue weighted by Crippen LogP contribution is 2.11. The molecule has 7 heteroatoms. The van der Waals surface area contributed by atoms with Crippen LogP contribution in [0.4, 0.5) is 0 Å². The molecule has 1 aromatic heterocycles. The first-order valence-corrected chi connectivity index (χ1v) is 11.0. The molecule has 0 aliphatic heterocycles. The molecule has 0 fully saturated rings. The predicted octanol–water partition coefficient (Wildman–Crippen LogP) is 3.60. The minimum absolute atomic E-state index is 0.554. The molecule has 170 valence electrons. The maximum Gasteiger partial charge on any atom is 0.191 e. The second kappa shape index (κ2) is 13.2. The number of hydrogen-bond acceptors (Lipinski definition) is 4. The van der Waals surface area contributed by atoms with Crippen molar-refractivity contribution in [1.29, 1.82) is 0 Å². The van der Waals surface area contributed by atoms with Gasteiger partial charge in [0.2, 0.25) is 0 Å². The largest absolute Gasteiger partial charge is 0.497 e. The predicted molar refractivity (Wildman–Crippen MR) is 128 cm³/mol. The Morgan fingerprint density at radius 1 is 1.00 bits per heavy atom. The molecule has 3 rings (SSSR count). The van der Waals surface area contributed by atoms with Crippen molar-refractivity contribution in [1.82, 2.24) is 20.4 Å². The smallest absolute Gasteiger partial charge is 0.191 e. The van der Waals surface area contributed by atoms with Crippen molar-refractivity contribution in [3.05, 3.63) is 83.7 Å². The van der Waals surface area contributed by atoms with Gasteiger partial charge in [-0.3, -0.25) is 4.68 Å². The van der Waals surface area contributed by atoms with E-state index in [-0.39, 0.29) is 0 Å². The third kappa shape index (κ3) is 8.07. The molecule has 0 aliphatic rings. The number of benzene rings is 2.